The van der Waals surface area contributed by atoms with Crippen molar-refractivity contribution in [1.29, 1.82) is 0 Å². The van der Waals surface area contributed by atoms with Gasteiger partial charge in [-0.15, -0.1) is 11.3 Å². The van der Waals surface area contributed by atoms with E-state index in [0.717, 1.165) is 49.4 Å². The lowest BCUT2D eigenvalue weighted by molar-refractivity contribution is 0.672. The maximum Gasteiger partial charge on any atom is 0.164 e. The molecule has 3 aromatic heterocycles. The van der Waals surface area contributed by atoms with E-state index in [1.165, 1.54) is 20.2 Å². The maximum atomic E-state index is 6.46. The molecule has 0 saturated carbocycles. The van der Waals surface area contributed by atoms with Gasteiger partial charge in [0, 0.05) is 53.0 Å². The zero-order valence-corrected chi connectivity index (χ0v) is 23.1. The fraction of sp³-hybridized carbons (Fsp3) is 0. The van der Waals surface area contributed by atoms with Gasteiger partial charge >= 0.3 is 0 Å². The molecule has 0 spiro atoms. The maximum absolute atomic E-state index is 6.46. The van der Waals surface area contributed by atoms with Crippen LogP contribution in [0.25, 0.3) is 87.0 Å². The van der Waals surface area contributed by atoms with Crippen molar-refractivity contribution < 1.29 is 4.42 Å². The average molecular weight is 556 g/mol. The summed E-state index contributed by atoms with van der Waals surface area (Å²) in [6, 6.07) is 43.9. The second-order valence-electron chi connectivity index (χ2n) is 10.4. The van der Waals surface area contributed by atoms with E-state index in [4.69, 9.17) is 19.4 Å². The summed E-state index contributed by atoms with van der Waals surface area (Å²) in [7, 11) is 0. The van der Waals surface area contributed by atoms with Crippen LogP contribution in [0.5, 0.6) is 0 Å². The second-order valence-corrected chi connectivity index (χ2v) is 11.5. The molecular formula is C37H21N3OS. The Labute approximate surface area is 244 Å². The Balaban J connectivity index is 1.30. The van der Waals surface area contributed by atoms with Crippen LogP contribution >= 0.6 is 11.3 Å². The summed E-state index contributed by atoms with van der Waals surface area (Å²) in [5.74, 6) is 1.91. The Morgan fingerprint density at radius 1 is 0.476 bits per heavy atom. The van der Waals surface area contributed by atoms with Crippen molar-refractivity contribution in [3.63, 3.8) is 0 Å². The van der Waals surface area contributed by atoms with Gasteiger partial charge < -0.3 is 4.42 Å². The fourth-order valence-electron chi connectivity index (χ4n) is 5.95. The van der Waals surface area contributed by atoms with Crippen LogP contribution < -0.4 is 0 Å². The van der Waals surface area contributed by atoms with Crippen molar-refractivity contribution in [1.82, 2.24) is 15.0 Å². The molecular weight excluding hydrogens is 534 g/mol. The van der Waals surface area contributed by atoms with Crippen molar-refractivity contribution in [2.75, 3.05) is 0 Å². The highest BCUT2D eigenvalue weighted by Gasteiger charge is 2.19. The number of aromatic nitrogens is 3. The number of furan rings is 1. The monoisotopic (exact) mass is 555 g/mol. The van der Waals surface area contributed by atoms with E-state index in [9.17, 15) is 0 Å². The van der Waals surface area contributed by atoms with E-state index in [0.29, 0.717) is 17.5 Å². The van der Waals surface area contributed by atoms with Gasteiger partial charge in [0.05, 0.1) is 0 Å². The number of benzene rings is 6. The summed E-state index contributed by atoms with van der Waals surface area (Å²) in [6.07, 6.45) is 0. The molecule has 0 N–H and O–H groups in total. The van der Waals surface area contributed by atoms with Crippen molar-refractivity contribution in [2.45, 2.75) is 0 Å². The summed E-state index contributed by atoms with van der Waals surface area (Å²) in [5.41, 5.74) is 4.52. The van der Waals surface area contributed by atoms with Gasteiger partial charge in [0.2, 0.25) is 0 Å². The molecule has 9 aromatic rings. The van der Waals surface area contributed by atoms with E-state index in [1.54, 1.807) is 11.3 Å². The predicted octanol–water partition coefficient (Wildman–Crippen LogP) is 10.3. The molecule has 4 nitrogen and oxygen atoms in total. The van der Waals surface area contributed by atoms with Crippen LogP contribution in [-0.2, 0) is 0 Å². The number of hydrogen-bond donors (Lipinski definition) is 0. The molecule has 0 saturated heterocycles. The Morgan fingerprint density at radius 3 is 2.10 bits per heavy atom. The molecule has 0 aliphatic heterocycles. The smallest absolute Gasteiger partial charge is 0.164 e. The zero-order chi connectivity index (χ0) is 27.6. The third kappa shape index (κ3) is 3.57. The van der Waals surface area contributed by atoms with Crippen LogP contribution in [-0.4, -0.2) is 15.0 Å². The Kier molecular flexibility index (Phi) is 5.03. The number of rotatable bonds is 3. The van der Waals surface area contributed by atoms with Gasteiger partial charge in [-0.3, -0.25) is 0 Å². The molecule has 0 radical (unpaired) electrons. The number of nitrogens with zero attached hydrogens (tertiary/aromatic N) is 3. The van der Waals surface area contributed by atoms with Crippen molar-refractivity contribution in [3.8, 4) is 34.2 Å². The van der Waals surface area contributed by atoms with E-state index >= 15 is 0 Å². The third-order valence-electron chi connectivity index (χ3n) is 7.93. The van der Waals surface area contributed by atoms with E-state index in [1.807, 2.05) is 48.5 Å². The highest BCUT2D eigenvalue weighted by molar-refractivity contribution is 7.25. The minimum absolute atomic E-state index is 0.622. The lowest BCUT2D eigenvalue weighted by Crippen LogP contribution is -2.00. The summed E-state index contributed by atoms with van der Waals surface area (Å²) in [6.45, 7) is 0. The molecule has 0 bridgehead atoms. The first-order valence-corrected chi connectivity index (χ1v) is 14.7. The molecule has 0 atom stereocenters. The first kappa shape index (κ1) is 23.3. The van der Waals surface area contributed by atoms with E-state index in [-0.39, 0.29) is 0 Å². The number of hydrogen-bond acceptors (Lipinski definition) is 5. The molecule has 0 aliphatic carbocycles. The number of thiophene rings is 1. The molecule has 0 fully saturated rings. The quantitative estimate of drug-likeness (QED) is 0.218. The van der Waals surface area contributed by atoms with E-state index in [2.05, 4.69) is 78.9 Å². The summed E-state index contributed by atoms with van der Waals surface area (Å²) in [5, 5.41) is 6.82. The minimum Gasteiger partial charge on any atom is -0.455 e. The lowest BCUT2D eigenvalue weighted by Gasteiger charge is -2.09. The van der Waals surface area contributed by atoms with Crippen LogP contribution in [0.4, 0.5) is 0 Å². The van der Waals surface area contributed by atoms with Gasteiger partial charge in [-0.25, -0.2) is 15.0 Å². The minimum atomic E-state index is 0.622. The molecule has 6 aromatic carbocycles. The normalized spacial score (nSPS) is 11.8. The summed E-state index contributed by atoms with van der Waals surface area (Å²) < 4.78 is 8.95. The standard InChI is InChI=1S/C37H21N3OS/c1-2-10-23(11-3-1)35-38-36(24-18-19-27-26-13-6-7-16-31(26)42-32(27)21-24)40-37(39-35)29-14-8-15-30-33(29)28-20-17-22-9-4-5-12-25(22)34(28)41-30/h1-21H. The fourth-order valence-corrected chi connectivity index (χ4v) is 7.09. The Morgan fingerprint density at radius 2 is 1.19 bits per heavy atom. The molecule has 196 valence electrons. The molecule has 0 aliphatic rings. The largest absolute Gasteiger partial charge is 0.455 e. The van der Waals surface area contributed by atoms with Crippen LogP contribution in [0.3, 0.4) is 0 Å². The van der Waals surface area contributed by atoms with Gasteiger partial charge in [0.15, 0.2) is 17.5 Å². The Bertz CT molecular complexity index is 2480. The van der Waals surface area contributed by atoms with Crippen molar-refractivity contribution in [2.24, 2.45) is 0 Å². The molecule has 5 heteroatoms. The SMILES string of the molecule is c1ccc(-c2nc(-c3ccc4c(c3)sc3ccccc34)nc(-c3cccc4oc5c6ccccc6ccc5c34)n2)cc1. The third-order valence-corrected chi connectivity index (χ3v) is 9.07. The summed E-state index contributed by atoms with van der Waals surface area (Å²) in [4.78, 5) is 15.1. The predicted molar refractivity (Wildman–Crippen MR) is 174 cm³/mol. The van der Waals surface area contributed by atoms with Gasteiger partial charge in [-0.1, -0.05) is 103 Å². The van der Waals surface area contributed by atoms with Crippen molar-refractivity contribution in [3.05, 3.63) is 127 Å². The van der Waals surface area contributed by atoms with Gasteiger partial charge in [-0.2, -0.15) is 0 Å². The topological polar surface area (TPSA) is 51.8 Å². The molecule has 42 heavy (non-hydrogen) atoms. The van der Waals surface area contributed by atoms with Gasteiger partial charge in [0.1, 0.15) is 11.2 Å². The molecule has 9 rings (SSSR count). The van der Waals surface area contributed by atoms with Crippen LogP contribution in [0.2, 0.25) is 0 Å². The second kappa shape index (κ2) is 9.06. The number of fused-ring (bicyclic) bond motifs is 8. The Hall–Kier alpha value is -5.39. The van der Waals surface area contributed by atoms with Gasteiger partial charge in [-0.05, 0) is 29.7 Å². The first-order valence-electron chi connectivity index (χ1n) is 13.9. The highest BCUT2D eigenvalue weighted by atomic mass is 32.1. The molecule has 0 unspecified atom stereocenters. The summed E-state index contributed by atoms with van der Waals surface area (Å²) >= 11 is 1.79. The highest BCUT2D eigenvalue weighted by Crippen LogP contribution is 2.40. The molecule has 3 heterocycles. The first-order chi connectivity index (χ1) is 20.8. The average Bonchev–Trinajstić information content (AvgIpc) is 3.63. The van der Waals surface area contributed by atoms with Gasteiger partial charge in [0.25, 0.3) is 0 Å². The van der Waals surface area contributed by atoms with E-state index < -0.39 is 0 Å². The lowest BCUT2D eigenvalue weighted by atomic mass is 10.0. The van der Waals surface area contributed by atoms with Crippen LogP contribution in [0.15, 0.2) is 132 Å². The van der Waals surface area contributed by atoms with Crippen LogP contribution in [0, 0.1) is 0 Å². The zero-order valence-electron chi connectivity index (χ0n) is 22.3. The molecule has 0 amide bonds. The van der Waals surface area contributed by atoms with Crippen molar-refractivity contribution >= 4 is 64.2 Å². The van der Waals surface area contributed by atoms with Crippen LogP contribution in [0.1, 0.15) is 0 Å².